The molecule has 3 rings (SSSR count). The fourth-order valence-corrected chi connectivity index (χ4v) is 3.21. The monoisotopic (exact) mass is 423 g/mol. The Kier molecular flexibility index (Phi) is 7.57. The van der Waals surface area contributed by atoms with E-state index in [-0.39, 0.29) is 27.6 Å². The molecule has 1 atom stereocenters. The van der Waals surface area contributed by atoms with E-state index in [4.69, 9.17) is 10.5 Å². The molecular formula is C19H20F3N5OS. The summed E-state index contributed by atoms with van der Waals surface area (Å²) >= 11 is 4.03. The summed E-state index contributed by atoms with van der Waals surface area (Å²) in [7, 11) is 2.11. The molecule has 0 radical (unpaired) electrons. The minimum absolute atomic E-state index is 0.0287. The standard InChI is InChI=1S/C14H9F3N4S.C5H11NO/c15-14(16,17)10-4-2-1-3-7(10)11-8(5-18)12(20)21-13(22)9(11)6-19;1-6-2-4-7-5-3-6/h1-4,11,21-22H,20H2;2-5H2,1H3. The molecule has 0 spiro atoms. The molecule has 1 aromatic carbocycles. The summed E-state index contributed by atoms with van der Waals surface area (Å²) in [5.74, 6) is -1.32. The van der Waals surface area contributed by atoms with Crippen LogP contribution in [0.1, 0.15) is 17.0 Å². The molecule has 1 saturated heterocycles. The molecule has 0 amide bonds. The van der Waals surface area contributed by atoms with Crippen molar-refractivity contribution in [3.8, 4) is 12.1 Å². The quantitative estimate of drug-likeness (QED) is 0.601. The molecule has 10 heteroatoms. The van der Waals surface area contributed by atoms with E-state index in [1.807, 2.05) is 0 Å². The Morgan fingerprint density at radius 3 is 2.24 bits per heavy atom. The van der Waals surface area contributed by atoms with Crippen molar-refractivity contribution >= 4 is 12.6 Å². The minimum atomic E-state index is -4.62. The van der Waals surface area contributed by atoms with Crippen molar-refractivity contribution < 1.29 is 17.9 Å². The summed E-state index contributed by atoms with van der Waals surface area (Å²) < 4.78 is 44.7. The zero-order chi connectivity index (χ0) is 21.6. The third-order valence-electron chi connectivity index (χ3n) is 4.43. The van der Waals surface area contributed by atoms with Crippen LogP contribution in [0, 0.1) is 22.7 Å². The lowest BCUT2D eigenvalue weighted by molar-refractivity contribution is -0.138. The van der Waals surface area contributed by atoms with Gasteiger partial charge in [0.15, 0.2) is 0 Å². The third-order valence-corrected chi connectivity index (χ3v) is 4.78. The molecule has 0 bridgehead atoms. The summed E-state index contributed by atoms with van der Waals surface area (Å²) in [4.78, 5) is 2.27. The second kappa shape index (κ2) is 9.70. The lowest BCUT2D eigenvalue weighted by Gasteiger charge is -2.27. The number of alkyl halides is 3. The number of allylic oxidation sites excluding steroid dienone is 2. The lowest BCUT2D eigenvalue weighted by Crippen LogP contribution is -2.32. The van der Waals surface area contributed by atoms with Gasteiger partial charge in [-0.1, -0.05) is 18.2 Å². The normalized spacial score (nSPS) is 20.2. The zero-order valence-electron chi connectivity index (χ0n) is 15.6. The maximum absolute atomic E-state index is 13.2. The van der Waals surface area contributed by atoms with Gasteiger partial charge in [-0.3, -0.25) is 0 Å². The first kappa shape index (κ1) is 22.6. The maximum Gasteiger partial charge on any atom is 0.416 e. The van der Waals surface area contributed by atoms with E-state index in [0.29, 0.717) is 0 Å². The second-order valence-electron chi connectivity index (χ2n) is 6.37. The summed E-state index contributed by atoms with van der Waals surface area (Å²) in [5, 5.41) is 21.0. The van der Waals surface area contributed by atoms with Crippen molar-refractivity contribution in [2.24, 2.45) is 5.73 Å². The highest BCUT2D eigenvalue weighted by Crippen LogP contribution is 2.43. The average molecular weight is 423 g/mol. The fraction of sp³-hybridized carbons (Fsp3) is 0.368. The van der Waals surface area contributed by atoms with Crippen LogP contribution >= 0.6 is 12.6 Å². The number of hydrogen-bond acceptors (Lipinski definition) is 7. The molecule has 1 fully saturated rings. The van der Waals surface area contributed by atoms with Gasteiger partial charge in [-0.15, -0.1) is 12.6 Å². The van der Waals surface area contributed by atoms with E-state index in [1.165, 1.54) is 18.2 Å². The number of nitrogens with zero attached hydrogens (tertiary/aromatic N) is 3. The predicted molar refractivity (Wildman–Crippen MR) is 104 cm³/mol. The van der Waals surface area contributed by atoms with Crippen LogP contribution < -0.4 is 11.1 Å². The van der Waals surface area contributed by atoms with Crippen LogP contribution in [0.5, 0.6) is 0 Å². The van der Waals surface area contributed by atoms with Crippen LogP contribution in [0.4, 0.5) is 13.2 Å². The fourth-order valence-electron chi connectivity index (χ4n) is 2.91. The van der Waals surface area contributed by atoms with Gasteiger partial charge in [0, 0.05) is 13.1 Å². The van der Waals surface area contributed by atoms with Crippen LogP contribution in [0.2, 0.25) is 0 Å². The van der Waals surface area contributed by atoms with Crippen LogP contribution in [0.25, 0.3) is 0 Å². The van der Waals surface area contributed by atoms with Crippen LogP contribution in [0.3, 0.4) is 0 Å². The number of benzene rings is 1. The number of thiol groups is 1. The summed E-state index contributed by atoms with van der Waals surface area (Å²) in [5.41, 5.74) is 4.29. The molecule has 2 aliphatic rings. The number of morpholine rings is 1. The Bertz CT molecular complexity index is 856. The second-order valence-corrected chi connectivity index (χ2v) is 6.82. The van der Waals surface area contributed by atoms with E-state index in [1.54, 1.807) is 12.1 Å². The summed E-state index contributed by atoms with van der Waals surface area (Å²) in [6.07, 6.45) is -4.62. The van der Waals surface area contributed by atoms with Crippen LogP contribution in [-0.2, 0) is 10.9 Å². The molecule has 2 aliphatic heterocycles. The molecule has 0 aliphatic carbocycles. The first-order valence-electron chi connectivity index (χ1n) is 8.63. The molecule has 1 unspecified atom stereocenters. The number of ether oxygens (including phenoxy) is 1. The Labute approximate surface area is 172 Å². The van der Waals surface area contributed by atoms with Gasteiger partial charge in [-0.2, -0.15) is 23.7 Å². The van der Waals surface area contributed by atoms with E-state index in [9.17, 15) is 23.7 Å². The number of nitrogens with one attached hydrogen (secondary N) is 1. The number of dihydropyridines is 1. The van der Waals surface area contributed by atoms with Crippen molar-refractivity contribution in [1.29, 1.82) is 10.5 Å². The topological polar surface area (TPSA) is 98.1 Å². The Morgan fingerprint density at radius 1 is 1.17 bits per heavy atom. The largest absolute Gasteiger partial charge is 0.416 e. The molecule has 6 nitrogen and oxygen atoms in total. The van der Waals surface area contributed by atoms with Crippen LogP contribution in [-0.4, -0.2) is 38.3 Å². The summed E-state index contributed by atoms with van der Waals surface area (Å²) in [6, 6.07) is 8.34. The molecule has 29 heavy (non-hydrogen) atoms. The van der Waals surface area contributed by atoms with E-state index >= 15 is 0 Å². The number of nitriles is 2. The number of halogens is 3. The van der Waals surface area contributed by atoms with E-state index in [2.05, 4.69) is 29.9 Å². The predicted octanol–water partition coefficient (Wildman–Crippen LogP) is 2.70. The molecule has 0 saturated carbocycles. The molecule has 1 aromatic rings. The number of rotatable bonds is 1. The van der Waals surface area contributed by atoms with Gasteiger partial charge >= 0.3 is 6.18 Å². The Hall–Kier alpha value is -2.66. The highest BCUT2D eigenvalue weighted by molar-refractivity contribution is 7.84. The van der Waals surface area contributed by atoms with Crippen molar-refractivity contribution in [2.45, 2.75) is 12.1 Å². The first-order chi connectivity index (χ1) is 13.7. The molecule has 2 heterocycles. The minimum Gasteiger partial charge on any atom is -0.384 e. The van der Waals surface area contributed by atoms with Gasteiger partial charge in [0.1, 0.15) is 5.82 Å². The van der Waals surface area contributed by atoms with Gasteiger partial charge in [0.05, 0.1) is 53.0 Å². The Morgan fingerprint density at radius 2 is 1.76 bits per heavy atom. The lowest BCUT2D eigenvalue weighted by atomic mass is 9.82. The van der Waals surface area contributed by atoms with Gasteiger partial charge in [0.2, 0.25) is 0 Å². The highest BCUT2D eigenvalue weighted by atomic mass is 32.1. The Balaban J connectivity index is 0.000000360. The summed E-state index contributed by atoms with van der Waals surface area (Å²) in [6.45, 7) is 4.02. The smallest absolute Gasteiger partial charge is 0.384 e. The van der Waals surface area contributed by atoms with Crippen molar-refractivity contribution in [3.63, 3.8) is 0 Å². The average Bonchev–Trinajstić information content (AvgIpc) is 2.68. The van der Waals surface area contributed by atoms with E-state index in [0.717, 1.165) is 32.4 Å². The first-order valence-corrected chi connectivity index (χ1v) is 9.07. The van der Waals surface area contributed by atoms with Crippen molar-refractivity contribution in [1.82, 2.24) is 10.2 Å². The SMILES string of the molecule is CN1CCOCC1.N#CC1=C(N)NC(S)=C(C#N)C1c1ccccc1C(F)(F)F. The highest BCUT2D eigenvalue weighted by Gasteiger charge is 2.39. The third kappa shape index (κ3) is 5.45. The van der Waals surface area contributed by atoms with Gasteiger partial charge < -0.3 is 20.7 Å². The maximum atomic E-state index is 13.2. The zero-order valence-corrected chi connectivity index (χ0v) is 16.5. The van der Waals surface area contributed by atoms with Crippen LogP contribution in [0.15, 0.2) is 46.3 Å². The molecule has 0 aromatic heterocycles. The number of likely N-dealkylation sites (N-methyl/N-ethyl adjacent to an activating group) is 1. The van der Waals surface area contributed by atoms with Gasteiger partial charge in [0.25, 0.3) is 0 Å². The molecular weight excluding hydrogens is 403 g/mol. The number of hydrogen-bond donors (Lipinski definition) is 3. The van der Waals surface area contributed by atoms with E-state index < -0.39 is 17.7 Å². The molecule has 3 N–H and O–H groups in total. The number of nitrogens with two attached hydrogens (primary N) is 1. The molecule has 154 valence electrons. The van der Waals surface area contributed by atoms with Crippen molar-refractivity contribution in [3.05, 3.63) is 57.4 Å². The van der Waals surface area contributed by atoms with Gasteiger partial charge in [-0.05, 0) is 18.7 Å². The van der Waals surface area contributed by atoms with Gasteiger partial charge in [-0.25, -0.2) is 0 Å². The van der Waals surface area contributed by atoms with Crippen molar-refractivity contribution in [2.75, 3.05) is 33.4 Å².